The van der Waals surface area contributed by atoms with E-state index < -0.39 is 0 Å². The molecule has 2 heterocycles. The minimum atomic E-state index is 0.166. The molecule has 7 heteroatoms. The minimum Gasteiger partial charge on any atom is -0.392 e. The average molecular weight is 377 g/mol. The zero-order valence-corrected chi connectivity index (χ0v) is 13.2. The molecule has 0 amide bonds. The molecule has 5 nitrogen and oxygen atoms in total. The number of rotatable bonds is 3. The number of nitrogens with two attached hydrogens (primary N) is 1. The van der Waals surface area contributed by atoms with E-state index in [2.05, 4.69) is 49.3 Å². The summed E-state index contributed by atoms with van der Waals surface area (Å²) in [6.45, 7) is 5.75. The maximum Gasteiger partial charge on any atom is 0.225 e. The summed E-state index contributed by atoms with van der Waals surface area (Å²) in [6.07, 6.45) is 3.68. The van der Waals surface area contributed by atoms with Crippen LogP contribution in [0.4, 0.5) is 5.95 Å². The molecule has 0 saturated carbocycles. The highest BCUT2D eigenvalue weighted by atomic mass is 127. The molecule has 2 N–H and O–H groups in total. The summed E-state index contributed by atoms with van der Waals surface area (Å²) in [5.74, 6) is 0.804. The zero-order valence-electron chi connectivity index (χ0n) is 10.2. The Morgan fingerprint density at radius 3 is 2.39 bits per heavy atom. The van der Waals surface area contributed by atoms with Crippen LogP contribution in [0.15, 0.2) is 12.4 Å². The van der Waals surface area contributed by atoms with E-state index >= 15 is 0 Å². The highest BCUT2D eigenvalue weighted by molar-refractivity contribution is 14.1. The van der Waals surface area contributed by atoms with Crippen molar-refractivity contribution in [3.63, 3.8) is 0 Å². The molecule has 18 heavy (non-hydrogen) atoms. The molecule has 0 spiro atoms. The van der Waals surface area contributed by atoms with Crippen LogP contribution in [0.2, 0.25) is 0 Å². The Hall–Kier alpha value is -0.540. The second-order valence-corrected chi connectivity index (χ2v) is 6.02. The fourth-order valence-corrected chi connectivity index (χ4v) is 2.39. The van der Waals surface area contributed by atoms with Crippen LogP contribution in [0.25, 0.3) is 0 Å². The van der Waals surface area contributed by atoms with Crippen molar-refractivity contribution in [3.05, 3.63) is 16.0 Å². The number of aromatic nitrogens is 2. The minimum absolute atomic E-state index is 0.166. The predicted octanol–water partition coefficient (Wildman–Crippen LogP) is 0.878. The first-order valence-corrected chi connectivity index (χ1v) is 7.32. The Morgan fingerprint density at radius 2 is 1.89 bits per heavy atom. The van der Waals surface area contributed by atoms with Crippen molar-refractivity contribution >= 4 is 45.7 Å². The van der Waals surface area contributed by atoms with Gasteiger partial charge in [-0.05, 0) is 29.5 Å². The quantitative estimate of drug-likeness (QED) is 0.624. The molecule has 1 aliphatic heterocycles. The van der Waals surface area contributed by atoms with Crippen LogP contribution in [0, 0.1) is 3.57 Å². The first-order chi connectivity index (χ1) is 8.58. The van der Waals surface area contributed by atoms with Crippen molar-refractivity contribution in [3.8, 4) is 0 Å². The Kier molecular flexibility index (Phi) is 4.68. The molecule has 0 aromatic carbocycles. The van der Waals surface area contributed by atoms with E-state index in [1.807, 2.05) is 12.4 Å². The van der Waals surface area contributed by atoms with Crippen molar-refractivity contribution in [2.24, 2.45) is 5.73 Å². The molecule has 1 atom stereocenters. The first kappa shape index (κ1) is 13.9. The lowest BCUT2D eigenvalue weighted by molar-refractivity contribution is 0.238. The van der Waals surface area contributed by atoms with Crippen molar-refractivity contribution in [2.45, 2.75) is 13.0 Å². The molecular weight excluding hydrogens is 361 g/mol. The molecule has 1 aromatic heterocycles. The first-order valence-electron chi connectivity index (χ1n) is 5.84. The van der Waals surface area contributed by atoms with Crippen molar-refractivity contribution in [2.75, 3.05) is 31.1 Å². The van der Waals surface area contributed by atoms with Gasteiger partial charge in [-0.2, -0.15) is 0 Å². The standard InChI is InChI=1S/C11H16IN5S/c1-8(10(13)18)16-2-4-17(5-3-16)11-14-6-9(12)7-15-11/h6-8H,2-5H2,1H3,(H2,13,18). The normalized spacial score (nSPS) is 18.7. The number of hydrogen-bond donors (Lipinski definition) is 1. The summed E-state index contributed by atoms with van der Waals surface area (Å²) >= 11 is 7.24. The van der Waals surface area contributed by atoms with Gasteiger partial charge in [0.15, 0.2) is 0 Å². The Bertz CT molecular complexity index is 416. The Morgan fingerprint density at radius 1 is 1.33 bits per heavy atom. The Labute approximate surface area is 126 Å². The Balaban J connectivity index is 1.94. The van der Waals surface area contributed by atoms with Crippen LogP contribution in [-0.4, -0.2) is 52.1 Å². The molecule has 0 bridgehead atoms. The van der Waals surface area contributed by atoms with Gasteiger partial charge >= 0.3 is 0 Å². The largest absolute Gasteiger partial charge is 0.392 e. The number of nitrogens with zero attached hydrogens (tertiary/aromatic N) is 4. The second kappa shape index (κ2) is 6.07. The lowest BCUT2D eigenvalue weighted by atomic mass is 10.2. The van der Waals surface area contributed by atoms with Gasteiger partial charge in [0.2, 0.25) is 5.95 Å². The van der Waals surface area contributed by atoms with Crippen molar-refractivity contribution < 1.29 is 0 Å². The van der Waals surface area contributed by atoms with Crippen LogP contribution in [0.1, 0.15) is 6.92 Å². The maximum atomic E-state index is 5.68. The predicted molar refractivity (Wildman–Crippen MR) is 84.8 cm³/mol. The number of piperazine rings is 1. The highest BCUT2D eigenvalue weighted by Gasteiger charge is 2.23. The van der Waals surface area contributed by atoms with Gasteiger partial charge in [0.25, 0.3) is 0 Å². The molecule has 98 valence electrons. The zero-order chi connectivity index (χ0) is 13.1. The SMILES string of the molecule is CC(C(N)=S)N1CCN(c2ncc(I)cn2)CC1. The number of halogens is 1. The van der Waals surface area contributed by atoms with Crippen LogP contribution >= 0.6 is 34.8 Å². The summed E-state index contributed by atoms with van der Waals surface area (Å²) in [7, 11) is 0. The highest BCUT2D eigenvalue weighted by Crippen LogP contribution is 2.13. The van der Waals surface area contributed by atoms with Crippen molar-refractivity contribution in [1.82, 2.24) is 14.9 Å². The van der Waals surface area contributed by atoms with E-state index in [9.17, 15) is 0 Å². The average Bonchev–Trinajstić information content (AvgIpc) is 2.39. The van der Waals surface area contributed by atoms with Gasteiger partial charge in [0.05, 0.1) is 11.0 Å². The summed E-state index contributed by atoms with van der Waals surface area (Å²) in [5, 5.41) is 0. The lowest BCUT2D eigenvalue weighted by Gasteiger charge is -2.37. The monoisotopic (exact) mass is 377 g/mol. The number of hydrogen-bond acceptors (Lipinski definition) is 5. The van der Waals surface area contributed by atoms with Crippen LogP contribution in [0.3, 0.4) is 0 Å². The van der Waals surface area contributed by atoms with Gasteiger partial charge in [-0.15, -0.1) is 0 Å². The molecule has 1 saturated heterocycles. The summed E-state index contributed by atoms with van der Waals surface area (Å²) in [5.41, 5.74) is 5.68. The van der Waals surface area contributed by atoms with E-state index in [1.54, 1.807) is 0 Å². The molecule has 0 aliphatic carbocycles. The van der Waals surface area contributed by atoms with Crippen molar-refractivity contribution in [1.29, 1.82) is 0 Å². The number of thiocarbonyl (C=S) groups is 1. The molecule has 1 aliphatic rings. The summed E-state index contributed by atoms with van der Waals surface area (Å²) < 4.78 is 1.05. The summed E-state index contributed by atoms with van der Waals surface area (Å²) in [6, 6.07) is 0.166. The van der Waals surface area contributed by atoms with Gasteiger partial charge in [0.1, 0.15) is 0 Å². The van der Waals surface area contributed by atoms with Crippen LogP contribution in [0.5, 0.6) is 0 Å². The van der Waals surface area contributed by atoms with E-state index in [0.29, 0.717) is 4.99 Å². The molecule has 1 unspecified atom stereocenters. The molecule has 1 aromatic rings. The number of anilines is 1. The van der Waals surface area contributed by atoms with Crippen LogP contribution < -0.4 is 10.6 Å². The fourth-order valence-electron chi connectivity index (χ4n) is 1.96. The molecule has 0 radical (unpaired) electrons. The van der Waals surface area contributed by atoms with Gasteiger partial charge in [-0.1, -0.05) is 12.2 Å². The van der Waals surface area contributed by atoms with E-state index in [0.717, 1.165) is 35.7 Å². The van der Waals surface area contributed by atoms with E-state index in [4.69, 9.17) is 18.0 Å². The lowest BCUT2D eigenvalue weighted by Crippen LogP contribution is -2.53. The molecular formula is C11H16IN5S. The molecule has 1 fully saturated rings. The van der Waals surface area contributed by atoms with E-state index in [1.165, 1.54) is 0 Å². The third-order valence-electron chi connectivity index (χ3n) is 3.16. The van der Waals surface area contributed by atoms with Gasteiger partial charge < -0.3 is 10.6 Å². The topological polar surface area (TPSA) is 58.3 Å². The summed E-state index contributed by atoms with van der Waals surface area (Å²) in [4.78, 5) is 13.7. The fraction of sp³-hybridized carbons (Fsp3) is 0.545. The van der Waals surface area contributed by atoms with Gasteiger partial charge in [0, 0.05) is 42.1 Å². The third kappa shape index (κ3) is 3.27. The third-order valence-corrected chi connectivity index (χ3v) is 4.06. The van der Waals surface area contributed by atoms with E-state index in [-0.39, 0.29) is 6.04 Å². The van der Waals surface area contributed by atoms with Gasteiger partial charge in [-0.3, -0.25) is 4.90 Å². The maximum absolute atomic E-state index is 5.68. The second-order valence-electron chi connectivity index (χ2n) is 4.30. The van der Waals surface area contributed by atoms with Gasteiger partial charge in [-0.25, -0.2) is 9.97 Å². The molecule has 2 rings (SSSR count). The van der Waals surface area contributed by atoms with Crippen LogP contribution in [-0.2, 0) is 0 Å². The smallest absolute Gasteiger partial charge is 0.225 e.